The van der Waals surface area contributed by atoms with Gasteiger partial charge in [0, 0.05) is 25.1 Å². The van der Waals surface area contributed by atoms with Gasteiger partial charge in [-0.1, -0.05) is 6.07 Å². The first-order valence-electron chi connectivity index (χ1n) is 8.61. The van der Waals surface area contributed by atoms with Gasteiger partial charge in [0.25, 0.3) is 0 Å². The van der Waals surface area contributed by atoms with Crippen LogP contribution in [0, 0.1) is 5.92 Å². The smallest absolute Gasteiger partial charge is 0.228 e. The summed E-state index contributed by atoms with van der Waals surface area (Å²) in [4.78, 5) is 16.0. The third kappa shape index (κ3) is 3.13. The lowest BCUT2D eigenvalue weighted by molar-refractivity contribution is -0.134. The molecule has 1 aliphatic heterocycles. The van der Waals surface area contributed by atoms with E-state index in [1.165, 1.54) is 24.1 Å². The zero-order valence-corrected chi connectivity index (χ0v) is 14.8. The van der Waals surface area contributed by atoms with E-state index in [0.29, 0.717) is 13.0 Å². The van der Waals surface area contributed by atoms with Gasteiger partial charge in [-0.2, -0.15) is 5.10 Å². The maximum Gasteiger partial charge on any atom is 0.228 e. The number of nitrogens with zero attached hydrogens (tertiary/aromatic N) is 3. The van der Waals surface area contributed by atoms with Crippen LogP contribution in [-0.2, 0) is 28.9 Å². The molecule has 2 aromatic heterocycles. The molecule has 0 radical (unpaired) electrons. The number of thiophene rings is 1. The van der Waals surface area contributed by atoms with E-state index in [9.17, 15) is 4.79 Å². The van der Waals surface area contributed by atoms with Crippen molar-refractivity contribution >= 4 is 17.2 Å². The summed E-state index contributed by atoms with van der Waals surface area (Å²) in [6.45, 7) is 2.25. The first-order valence-corrected chi connectivity index (χ1v) is 9.49. The molecule has 1 aliphatic carbocycles. The van der Waals surface area contributed by atoms with E-state index in [2.05, 4.69) is 9.78 Å². The third-order valence-electron chi connectivity index (χ3n) is 4.95. The molecule has 1 fully saturated rings. The van der Waals surface area contributed by atoms with Crippen molar-refractivity contribution in [1.82, 2.24) is 14.7 Å². The number of fused-ring (bicyclic) bond motifs is 1. The van der Waals surface area contributed by atoms with Crippen molar-refractivity contribution in [2.24, 2.45) is 5.92 Å². The third-order valence-corrected chi connectivity index (χ3v) is 5.83. The minimum Gasteiger partial charge on any atom is -0.382 e. The Bertz CT molecular complexity index is 706. The summed E-state index contributed by atoms with van der Waals surface area (Å²) in [6.07, 6.45) is 5.94. The van der Waals surface area contributed by atoms with Gasteiger partial charge >= 0.3 is 0 Å². The molecule has 24 heavy (non-hydrogen) atoms. The zero-order valence-electron chi connectivity index (χ0n) is 14.0. The molecule has 5 nitrogen and oxygen atoms in total. The van der Waals surface area contributed by atoms with Crippen LogP contribution in [0.4, 0.5) is 0 Å². The molecule has 1 amide bonds. The highest BCUT2D eigenvalue weighted by Gasteiger charge is 2.35. The minimum atomic E-state index is -0.0209. The lowest BCUT2D eigenvalue weighted by atomic mass is 9.99. The Balaban J connectivity index is 1.58. The van der Waals surface area contributed by atoms with E-state index in [1.54, 1.807) is 18.4 Å². The molecular formula is C18H23N3O2S. The van der Waals surface area contributed by atoms with Gasteiger partial charge in [0.15, 0.2) is 0 Å². The summed E-state index contributed by atoms with van der Waals surface area (Å²) in [7, 11) is 1.71. The van der Waals surface area contributed by atoms with Gasteiger partial charge < -0.3 is 9.64 Å². The largest absolute Gasteiger partial charge is 0.382 e. The van der Waals surface area contributed by atoms with Gasteiger partial charge in [-0.05, 0) is 42.2 Å². The summed E-state index contributed by atoms with van der Waals surface area (Å²) in [5, 5.41) is 6.63. The van der Waals surface area contributed by atoms with Crippen molar-refractivity contribution in [2.45, 2.75) is 38.3 Å². The Morgan fingerprint density at radius 2 is 2.33 bits per heavy atom. The molecule has 3 heterocycles. The molecule has 128 valence electrons. The van der Waals surface area contributed by atoms with Gasteiger partial charge in [0.1, 0.15) is 0 Å². The molecule has 4 rings (SSSR count). The summed E-state index contributed by atoms with van der Waals surface area (Å²) >= 11 is 1.64. The molecule has 1 unspecified atom stereocenters. The molecule has 0 saturated heterocycles. The standard InChI is InChI=1S/C18H23N3O2S/c1-23-12-16-18-14(10-19-21(18)11-13-4-5-13)6-7-20(16)17(22)9-15-3-2-8-24-15/h2-3,8,10,13,16H,4-7,9,11-12H2,1H3. The van der Waals surface area contributed by atoms with Gasteiger partial charge in [-0.3, -0.25) is 9.48 Å². The molecule has 0 spiro atoms. The predicted octanol–water partition coefficient (Wildman–Crippen LogP) is 2.67. The number of carbonyl (C=O) groups excluding carboxylic acids is 1. The fraction of sp³-hybridized carbons (Fsp3) is 0.556. The van der Waals surface area contributed by atoms with Crippen LogP contribution < -0.4 is 0 Å². The van der Waals surface area contributed by atoms with Crippen LogP contribution in [0.1, 0.15) is 35.0 Å². The summed E-state index contributed by atoms with van der Waals surface area (Å²) in [5.41, 5.74) is 2.47. The molecule has 2 aromatic rings. The van der Waals surface area contributed by atoms with Crippen LogP contribution in [0.3, 0.4) is 0 Å². The highest BCUT2D eigenvalue weighted by molar-refractivity contribution is 7.10. The first kappa shape index (κ1) is 15.8. The molecule has 6 heteroatoms. The van der Waals surface area contributed by atoms with Crippen molar-refractivity contribution in [3.8, 4) is 0 Å². The number of carbonyl (C=O) groups is 1. The zero-order chi connectivity index (χ0) is 16.5. The number of hydrogen-bond acceptors (Lipinski definition) is 4. The lowest BCUT2D eigenvalue weighted by Crippen LogP contribution is -2.43. The maximum absolute atomic E-state index is 12.9. The molecule has 0 bridgehead atoms. The SMILES string of the molecule is COCC1c2c(cnn2CC2CC2)CCN1C(=O)Cc1cccs1. The number of methoxy groups -OCH3 is 1. The van der Waals surface area contributed by atoms with Crippen molar-refractivity contribution in [3.05, 3.63) is 39.8 Å². The second-order valence-corrected chi connectivity index (χ2v) is 7.78. The van der Waals surface area contributed by atoms with Crippen LogP contribution in [0.25, 0.3) is 0 Å². The summed E-state index contributed by atoms with van der Waals surface area (Å²) in [5.74, 6) is 0.943. The van der Waals surface area contributed by atoms with Crippen LogP contribution in [-0.4, -0.2) is 40.8 Å². The van der Waals surface area contributed by atoms with E-state index < -0.39 is 0 Å². The Labute approximate surface area is 146 Å². The summed E-state index contributed by atoms with van der Waals surface area (Å²) in [6, 6.07) is 4.01. The Morgan fingerprint density at radius 1 is 1.46 bits per heavy atom. The average Bonchev–Trinajstić information content (AvgIpc) is 3.06. The van der Waals surface area contributed by atoms with Gasteiger partial charge in [-0.25, -0.2) is 0 Å². The van der Waals surface area contributed by atoms with Gasteiger partial charge in [0.2, 0.25) is 5.91 Å². The minimum absolute atomic E-state index is 0.0209. The fourth-order valence-corrected chi connectivity index (χ4v) is 4.23. The highest BCUT2D eigenvalue weighted by Crippen LogP contribution is 2.35. The quantitative estimate of drug-likeness (QED) is 0.809. The Morgan fingerprint density at radius 3 is 3.04 bits per heavy atom. The number of amides is 1. The number of aromatic nitrogens is 2. The average molecular weight is 345 g/mol. The van der Waals surface area contributed by atoms with E-state index in [4.69, 9.17) is 4.74 Å². The van der Waals surface area contributed by atoms with E-state index in [1.807, 2.05) is 28.6 Å². The molecular weight excluding hydrogens is 322 g/mol. The van der Waals surface area contributed by atoms with Gasteiger partial charge in [-0.15, -0.1) is 11.3 Å². The lowest BCUT2D eigenvalue weighted by Gasteiger charge is -2.36. The fourth-order valence-electron chi connectivity index (χ4n) is 3.54. The van der Waals surface area contributed by atoms with Crippen molar-refractivity contribution in [2.75, 3.05) is 20.3 Å². The molecule has 1 atom stereocenters. The number of rotatable bonds is 6. The number of ether oxygens (including phenoxy) is 1. The van der Waals surface area contributed by atoms with E-state index in [-0.39, 0.29) is 11.9 Å². The molecule has 2 aliphatic rings. The van der Waals surface area contributed by atoms with Crippen LogP contribution in [0.2, 0.25) is 0 Å². The van der Waals surface area contributed by atoms with Crippen molar-refractivity contribution < 1.29 is 9.53 Å². The molecule has 1 saturated carbocycles. The first-order chi connectivity index (χ1) is 11.8. The van der Waals surface area contributed by atoms with Crippen molar-refractivity contribution in [1.29, 1.82) is 0 Å². The number of hydrogen-bond donors (Lipinski definition) is 0. The highest BCUT2D eigenvalue weighted by atomic mass is 32.1. The Kier molecular flexibility index (Phi) is 4.41. The van der Waals surface area contributed by atoms with E-state index in [0.717, 1.165) is 30.3 Å². The Hall–Kier alpha value is -1.66. The van der Waals surface area contributed by atoms with Crippen LogP contribution in [0.15, 0.2) is 23.7 Å². The maximum atomic E-state index is 12.9. The monoisotopic (exact) mass is 345 g/mol. The predicted molar refractivity (Wildman–Crippen MR) is 93.0 cm³/mol. The second-order valence-electron chi connectivity index (χ2n) is 6.74. The second kappa shape index (κ2) is 6.69. The summed E-state index contributed by atoms with van der Waals surface area (Å²) < 4.78 is 7.59. The normalized spacial score (nSPS) is 20.2. The molecule has 0 aromatic carbocycles. The van der Waals surface area contributed by atoms with Gasteiger partial charge in [0.05, 0.1) is 31.0 Å². The van der Waals surface area contributed by atoms with Crippen molar-refractivity contribution in [3.63, 3.8) is 0 Å². The topological polar surface area (TPSA) is 47.4 Å². The molecule has 0 N–H and O–H groups in total. The van der Waals surface area contributed by atoms with E-state index >= 15 is 0 Å². The van der Waals surface area contributed by atoms with Crippen LogP contribution in [0.5, 0.6) is 0 Å². The van der Waals surface area contributed by atoms with Crippen LogP contribution >= 0.6 is 11.3 Å².